The highest BCUT2D eigenvalue weighted by Crippen LogP contribution is 2.67. The van der Waals surface area contributed by atoms with Crippen LogP contribution in [0.4, 0.5) is 0 Å². The maximum Gasteiger partial charge on any atom is 0.219 e. The van der Waals surface area contributed by atoms with Crippen LogP contribution in [0.15, 0.2) is 11.6 Å². The van der Waals surface area contributed by atoms with Crippen molar-refractivity contribution in [1.29, 1.82) is 0 Å². The molecule has 0 aromatic heterocycles. The summed E-state index contributed by atoms with van der Waals surface area (Å²) < 4.78 is 0. The molecule has 0 saturated heterocycles. The second-order valence-corrected chi connectivity index (χ2v) is 14.2. The maximum atomic E-state index is 11.4. The van der Waals surface area contributed by atoms with E-state index >= 15 is 0 Å². The Balaban J connectivity index is 1.33. The molecule has 4 aliphatic carbocycles. The molecule has 8 atom stereocenters. The molecule has 3 saturated carbocycles. The van der Waals surface area contributed by atoms with E-state index in [-0.39, 0.29) is 5.91 Å². The first-order valence-corrected chi connectivity index (χ1v) is 15.9. The molecule has 0 aromatic rings. The molecular formula is C33H58N2O. The molecule has 0 spiro atoms. The van der Waals surface area contributed by atoms with E-state index in [4.69, 9.17) is 0 Å². The highest BCUT2D eigenvalue weighted by atomic mass is 16.1. The third-order valence-corrected chi connectivity index (χ3v) is 11.7. The van der Waals surface area contributed by atoms with E-state index in [1.807, 2.05) is 6.92 Å². The van der Waals surface area contributed by atoms with Crippen molar-refractivity contribution in [2.75, 3.05) is 13.1 Å². The predicted molar refractivity (Wildman–Crippen MR) is 153 cm³/mol. The van der Waals surface area contributed by atoms with Gasteiger partial charge in [-0.3, -0.25) is 4.79 Å². The SMILES string of the molecule is CCC(=O)NCCCN[C@H]1CCC2(C)C(=CC[C@H]3C2CCC2(C)C([C@H](C)CCCC(C)C)CC[C@@H]32)C1. The number of nitrogens with one attached hydrogen (secondary N) is 2. The summed E-state index contributed by atoms with van der Waals surface area (Å²) >= 11 is 0. The third kappa shape index (κ3) is 5.76. The first-order chi connectivity index (χ1) is 17.2. The second-order valence-electron chi connectivity index (χ2n) is 14.2. The lowest BCUT2D eigenvalue weighted by Gasteiger charge is -2.58. The van der Waals surface area contributed by atoms with Crippen LogP contribution in [0, 0.1) is 46.3 Å². The average Bonchev–Trinajstić information content (AvgIpc) is 3.20. The van der Waals surface area contributed by atoms with E-state index in [1.54, 1.807) is 5.57 Å². The zero-order valence-corrected chi connectivity index (χ0v) is 24.6. The Bertz CT molecular complexity index is 774. The Morgan fingerprint density at radius 1 is 1.00 bits per heavy atom. The number of hydrogen-bond acceptors (Lipinski definition) is 2. The third-order valence-electron chi connectivity index (χ3n) is 11.7. The lowest BCUT2D eigenvalue weighted by Crippen LogP contribution is -2.51. The van der Waals surface area contributed by atoms with Gasteiger partial charge in [0.15, 0.2) is 0 Å². The lowest BCUT2D eigenvalue weighted by atomic mass is 9.47. The van der Waals surface area contributed by atoms with Gasteiger partial charge in [0, 0.05) is 19.0 Å². The predicted octanol–water partition coefficient (Wildman–Crippen LogP) is 7.90. The van der Waals surface area contributed by atoms with Crippen molar-refractivity contribution < 1.29 is 4.79 Å². The van der Waals surface area contributed by atoms with Crippen LogP contribution in [0.3, 0.4) is 0 Å². The summed E-state index contributed by atoms with van der Waals surface area (Å²) in [6.45, 7) is 16.5. The van der Waals surface area contributed by atoms with Gasteiger partial charge in [-0.25, -0.2) is 0 Å². The van der Waals surface area contributed by atoms with E-state index in [1.165, 1.54) is 70.6 Å². The summed E-state index contributed by atoms with van der Waals surface area (Å²) in [5.74, 6) is 5.67. The number of allylic oxidation sites excluding steroid dienone is 1. The topological polar surface area (TPSA) is 41.1 Å². The minimum Gasteiger partial charge on any atom is -0.356 e. The molecule has 206 valence electrons. The number of fused-ring (bicyclic) bond motifs is 5. The normalized spacial score (nSPS) is 38.6. The molecule has 3 nitrogen and oxygen atoms in total. The molecule has 4 rings (SSSR count). The van der Waals surface area contributed by atoms with Gasteiger partial charge in [-0.05, 0) is 111 Å². The highest BCUT2D eigenvalue weighted by molar-refractivity contribution is 5.75. The number of hydrogen-bond donors (Lipinski definition) is 2. The van der Waals surface area contributed by atoms with Crippen LogP contribution in [0.5, 0.6) is 0 Å². The van der Waals surface area contributed by atoms with Crippen LogP contribution in [0.1, 0.15) is 125 Å². The molecule has 3 heteroatoms. The molecule has 0 aliphatic heterocycles. The van der Waals surface area contributed by atoms with Crippen LogP contribution in [-0.4, -0.2) is 25.0 Å². The Morgan fingerprint density at radius 2 is 1.81 bits per heavy atom. The van der Waals surface area contributed by atoms with E-state index in [9.17, 15) is 4.79 Å². The van der Waals surface area contributed by atoms with Crippen molar-refractivity contribution in [3.05, 3.63) is 11.6 Å². The van der Waals surface area contributed by atoms with Gasteiger partial charge in [0.1, 0.15) is 0 Å². The van der Waals surface area contributed by atoms with Gasteiger partial charge >= 0.3 is 0 Å². The van der Waals surface area contributed by atoms with Crippen LogP contribution < -0.4 is 10.6 Å². The number of amides is 1. The van der Waals surface area contributed by atoms with Gasteiger partial charge in [0.2, 0.25) is 5.91 Å². The molecule has 4 aliphatic rings. The van der Waals surface area contributed by atoms with Gasteiger partial charge < -0.3 is 10.6 Å². The minimum atomic E-state index is 0.170. The maximum absolute atomic E-state index is 11.4. The Kier molecular flexibility index (Phi) is 9.33. The fraction of sp³-hybridized carbons (Fsp3) is 0.909. The van der Waals surface area contributed by atoms with Crippen LogP contribution >= 0.6 is 0 Å². The number of rotatable bonds is 11. The Labute approximate surface area is 223 Å². The smallest absolute Gasteiger partial charge is 0.219 e. The summed E-state index contributed by atoms with van der Waals surface area (Å²) in [6.07, 6.45) is 19.8. The molecule has 0 radical (unpaired) electrons. The highest BCUT2D eigenvalue weighted by Gasteiger charge is 2.59. The van der Waals surface area contributed by atoms with Crippen molar-refractivity contribution in [2.45, 2.75) is 131 Å². The summed E-state index contributed by atoms with van der Waals surface area (Å²) in [5, 5.41) is 6.84. The molecule has 2 N–H and O–H groups in total. The van der Waals surface area contributed by atoms with Gasteiger partial charge in [0.05, 0.1) is 0 Å². The lowest BCUT2D eigenvalue weighted by molar-refractivity contribution is -0.120. The van der Waals surface area contributed by atoms with Gasteiger partial charge in [-0.15, -0.1) is 0 Å². The summed E-state index contributed by atoms with van der Waals surface area (Å²) in [5.41, 5.74) is 2.82. The number of carbonyl (C=O) groups excluding carboxylic acids is 1. The van der Waals surface area contributed by atoms with E-state index in [2.05, 4.69) is 51.3 Å². The van der Waals surface area contributed by atoms with Crippen molar-refractivity contribution in [1.82, 2.24) is 10.6 Å². The summed E-state index contributed by atoms with van der Waals surface area (Å²) in [6, 6.07) is 0.624. The molecular weight excluding hydrogens is 440 g/mol. The van der Waals surface area contributed by atoms with E-state index in [0.29, 0.717) is 23.3 Å². The van der Waals surface area contributed by atoms with Crippen molar-refractivity contribution in [2.24, 2.45) is 46.3 Å². The van der Waals surface area contributed by atoms with Gasteiger partial charge in [0.25, 0.3) is 0 Å². The minimum absolute atomic E-state index is 0.170. The zero-order valence-electron chi connectivity index (χ0n) is 24.6. The molecule has 1 amide bonds. The van der Waals surface area contributed by atoms with Crippen LogP contribution in [-0.2, 0) is 4.79 Å². The fourth-order valence-electron chi connectivity index (χ4n) is 9.61. The molecule has 4 unspecified atom stereocenters. The molecule has 0 aromatic carbocycles. The quantitative estimate of drug-likeness (QED) is 0.224. The second kappa shape index (κ2) is 11.9. The van der Waals surface area contributed by atoms with Crippen molar-refractivity contribution >= 4 is 5.91 Å². The van der Waals surface area contributed by atoms with E-state index < -0.39 is 0 Å². The number of carbonyl (C=O) groups is 1. The van der Waals surface area contributed by atoms with Crippen LogP contribution in [0.25, 0.3) is 0 Å². The average molecular weight is 499 g/mol. The molecule has 3 fully saturated rings. The van der Waals surface area contributed by atoms with E-state index in [0.717, 1.165) is 55.0 Å². The molecule has 0 bridgehead atoms. The Morgan fingerprint density at radius 3 is 2.56 bits per heavy atom. The zero-order chi connectivity index (χ0) is 25.9. The van der Waals surface area contributed by atoms with Crippen LogP contribution in [0.2, 0.25) is 0 Å². The first-order valence-electron chi connectivity index (χ1n) is 15.9. The molecule has 0 heterocycles. The van der Waals surface area contributed by atoms with Crippen molar-refractivity contribution in [3.63, 3.8) is 0 Å². The largest absolute Gasteiger partial charge is 0.356 e. The monoisotopic (exact) mass is 498 g/mol. The van der Waals surface area contributed by atoms with Crippen molar-refractivity contribution in [3.8, 4) is 0 Å². The Hall–Kier alpha value is -0.830. The van der Waals surface area contributed by atoms with Gasteiger partial charge in [-0.1, -0.05) is 72.5 Å². The summed E-state index contributed by atoms with van der Waals surface area (Å²) in [7, 11) is 0. The summed E-state index contributed by atoms with van der Waals surface area (Å²) in [4.78, 5) is 11.4. The standard InChI is InChI=1S/C33H58N2O/c1-7-31(36)35-21-9-20-34-26-16-18-32(5)25(22-26)12-13-27-29-15-14-28(24(4)11-8-10-23(2)3)33(29,6)19-17-30(27)32/h12,23-24,26-30,34H,7-11,13-22H2,1-6H3,(H,35,36)/t24-,26+,27-,28?,29+,30?,32?,33?/m1/s1. The van der Waals surface area contributed by atoms with Gasteiger partial charge in [-0.2, -0.15) is 0 Å². The molecule has 36 heavy (non-hydrogen) atoms. The fourth-order valence-corrected chi connectivity index (χ4v) is 9.61. The first kappa shape index (κ1) is 28.2.